The Kier molecular flexibility index (Phi) is 6.69. The van der Waals surface area contributed by atoms with Gasteiger partial charge in [0.1, 0.15) is 22.3 Å². The third-order valence-corrected chi connectivity index (χ3v) is 10.7. The van der Waals surface area contributed by atoms with Crippen LogP contribution in [0, 0.1) is 17.0 Å². The Hall–Kier alpha value is -3.37. The van der Waals surface area contributed by atoms with Crippen molar-refractivity contribution in [3.8, 4) is 11.3 Å². The molecule has 6 rings (SSSR count). The minimum absolute atomic E-state index is 0.159. The molecular formula is C25H24F5N7O2S2. The summed E-state index contributed by atoms with van der Waals surface area (Å²) in [5.41, 5.74) is 4.68. The Bertz CT molecular complexity index is 1700. The highest BCUT2D eigenvalue weighted by Crippen LogP contribution is 2.43. The van der Waals surface area contributed by atoms with E-state index in [4.69, 9.17) is 5.73 Å². The van der Waals surface area contributed by atoms with E-state index < -0.39 is 44.1 Å². The fourth-order valence-corrected chi connectivity index (χ4v) is 8.00. The van der Waals surface area contributed by atoms with E-state index in [1.807, 2.05) is 0 Å². The fourth-order valence-electron chi connectivity index (χ4n) is 5.60. The Balaban J connectivity index is 1.17. The minimum atomic E-state index is -4.64. The first-order chi connectivity index (χ1) is 19.3. The minimum Gasteiger partial charge on any atom is -0.383 e. The van der Waals surface area contributed by atoms with Crippen molar-refractivity contribution in [3.63, 3.8) is 0 Å². The first-order valence-corrected chi connectivity index (χ1v) is 15.0. The summed E-state index contributed by atoms with van der Waals surface area (Å²) in [6.07, 6.45) is 1.05. The number of alkyl halides is 3. The summed E-state index contributed by atoms with van der Waals surface area (Å²) in [5.74, 6) is -2.56. The summed E-state index contributed by atoms with van der Waals surface area (Å²) >= 11 is 1.31. The van der Waals surface area contributed by atoms with E-state index in [-0.39, 0.29) is 29.8 Å². The van der Waals surface area contributed by atoms with Gasteiger partial charge in [-0.2, -0.15) is 17.5 Å². The molecule has 2 aliphatic rings. The third-order valence-electron chi connectivity index (χ3n) is 7.78. The molecule has 2 fully saturated rings. The predicted molar refractivity (Wildman–Crippen MR) is 142 cm³/mol. The molecule has 1 aromatic carbocycles. The van der Waals surface area contributed by atoms with Crippen LogP contribution in [0.5, 0.6) is 0 Å². The van der Waals surface area contributed by atoms with Gasteiger partial charge in [0.15, 0.2) is 0 Å². The Morgan fingerprint density at radius 2 is 1.80 bits per heavy atom. The first-order valence-electron chi connectivity index (χ1n) is 12.7. The van der Waals surface area contributed by atoms with E-state index in [0.29, 0.717) is 35.5 Å². The largest absolute Gasteiger partial charge is 0.419 e. The lowest BCUT2D eigenvalue weighted by Crippen LogP contribution is -2.50. The zero-order valence-corrected chi connectivity index (χ0v) is 23.0. The van der Waals surface area contributed by atoms with Crippen LogP contribution in [0.2, 0.25) is 0 Å². The van der Waals surface area contributed by atoms with Crippen molar-refractivity contribution in [1.29, 1.82) is 0 Å². The van der Waals surface area contributed by atoms with Crippen LogP contribution in [0.3, 0.4) is 0 Å². The average molecular weight is 614 g/mol. The van der Waals surface area contributed by atoms with Crippen LogP contribution in [0.15, 0.2) is 41.6 Å². The second kappa shape index (κ2) is 9.87. The molecule has 5 heterocycles. The summed E-state index contributed by atoms with van der Waals surface area (Å²) in [7, 11) is -4.10. The number of nitrogen functional groups attached to an aromatic ring is 1. The smallest absolute Gasteiger partial charge is 0.383 e. The van der Waals surface area contributed by atoms with Gasteiger partial charge in [-0.15, -0.1) is 5.10 Å². The van der Waals surface area contributed by atoms with E-state index in [2.05, 4.69) is 20.0 Å². The van der Waals surface area contributed by atoms with E-state index in [0.717, 1.165) is 37.6 Å². The van der Waals surface area contributed by atoms with Gasteiger partial charge in [-0.3, -0.25) is 0 Å². The number of fused-ring (bicyclic) bond motifs is 1. The average Bonchev–Trinajstić information content (AvgIpc) is 3.48. The molecule has 0 saturated carbocycles. The number of pyridine rings is 1. The number of nitrogens with zero attached hydrogens (tertiary/aromatic N) is 6. The predicted octanol–water partition coefficient (Wildman–Crippen LogP) is 4.80. The van der Waals surface area contributed by atoms with Gasteiger partial charge in [0.2, 0.25) is 20.1 Å². The van der Waals surface area contributed by atoms with Gasteiger partial charge in [0.05, 0.1) is 17.5 Å². The Morgan fingerprint density at radius 1 is 1.05 bits per heavy atom. The Labute approximate surface area is 235 Å². The topological polar surface area (TPSA) is 110 Å². The summed E-state index contributed by atoms with van der Waals surface area (Å²) in [4.78, 5) is 10.2. The number of rotatable bonds is 4. The maximum Gasteiger partial charge on any atom is 0.419 e. The number of nitrogens with two attached hydrogens (primary N) is 1. The normalized spacial score (nSPS) is 18.4. The number of benzene rings is 1. The lowest BCUT2D eigenvalue weighted by molar-refractivity contribution is -0.137. The quantitative estimate of drug-likeness (QED) is 0.329. The van der Waals surface area contributed by atoms with Crippen LogP contribution >= 0.6 is 11.3 Å². The summed E-state index contributed by atoms with van der Waals surface area (Å²) in [6, 6.07) is 3.37. The van der Waals surface area contributed by atoms with E-state index in [1.165, 1.54) is 26.4 Å². The van der Waals surface area contributed by atoms with Crippen molar-refractivity contribution in [3.05, 3.63) is 53.9 Å². The number of hydrogen-bond donors (Lipinski definition) is 1. The SMILES string of the molecule is Nc1ncc(-c2cn3nc(N4CCCC5(CCN(S(=O)(=O)c6ccc(F)cc6F)CC5)C4)sc3n2)cc1C(F)(F)F. The van der Waals surface area contributed by atoms with Gasteiger partial charge < -0.3 is 10.6 Å². The van der Waals surface area contributed by atoms with Gasteiger partial charge in [-0.1, -0.05) is 11.3 Å². The lowest BCUT2D eigenvalue weighted by Gasteiger charge is -2.47. The molecule has 16 heteroatoms. The van der Waals surface area contributed by atoms with Crippen LogP contribution in [0.4, 0.5) is 32.9 Å². The molecule has 0 unspecified atom stereocenters. The number of sulfonamides is 1. The number of imidazole rings is 1. The molecule has 9 nitrogen and oxygen atoms in total. The van der Waals surface area contributed by atoms with Crippen LogP contribution in [0.25, 0.3) is 16.2 Å². The van der Waals surface area contributed by atoms with Crippen molar-refractivity contribution in [2.24, 2.45) is 5.41 Å². The standard InChI is InChI=1S/C25H24F5N7O2S2/c26-16-2-3-20(18(27)11-16)41(38,39)36-8-5-24(6-9-36)4-1-7-35(14-24)23-34-37-13-19(33-22(37)40-23)15-10-17(25(28,29)30)21(31)32-12-15/h2-3,10-13H,1,4-9,14H2,(H2,31,32). The second-order valence-electron chi connectivity index (χ2n) is 10.4. The van der Waals surface area contributed by atoms with Crippen LogP contribution in [-0.4, -0.2) is 58.5 Å². The van der Waals surface area contributed by atoms with Crippen molar-refractivity contribution >= 4 is 37.3 Å². The van der Waals surface area contributed by atoms with E-state index in [1.54, 1.807) is 6.20 Å². The summed E-state index contributed by atoms with van der Waals surface area (Å²) in [5, 5.41) is 5.31. The van der Waals surface area contributed by atoms with Gasteiger partial charge in [0.25, 0.3) is 0 Å². The number of piperidine rings is 2. The molecule has 0 radical (unpaired) electrons. The molecular weight excluding hydrogens is 589 g/mol. The number of hydrogen-bond acceptors (Lipinski definition) is 8. The van der Waals surface area contributed by atoms with Crippen LogP contribution in [-0.2, 0) is 16.2 Å². The van der Waals surface area contributed by atoms with E-state index in [9.17, 15) is 30.4 Å². The van der Waals surface area contributed by atoms with Crippen molar-refractivity contribution in [2.75, 3.05) is 36.8 Å². The Morgan fingerprint density at radius 3 is 2.49 bits per heavy atom. The molecule has 218 valence electrons. The molecule has 0 atom stereocenters. The molecule has 2 N–H and O–H groups in total. The van der Waals surface area contributed by atoms with Gasteiger partial charge in [0, 0.05) is 44.0 Å². The molecule has 0 bridgehead atoms. The molecule has 0 amide bonds. The van der Waals surface area contributed by atoms with Crippen LogP contribution < -0.4 is 10.6 Å². The second-order valence-corrected chi connectivity index (χ2v) is 13.2. The van der Waals surface area contributed by atoms with Crippen LogP contribution in [0.1, 0.15) is 31.2 Å². The van der Waals surface area contributed by atoms with Crippen molar-refractivity contribution in [2.45, 2.75) is 36.8 Å². The third kappa shape index (κ3) is 5.12. The molecule has 4 aromatic rings. The number of halogens is 5. The maximum absolute atomic E-state index is 14.2. The molecule has 0 aliphatic carbocycles. The highest BCUT2D eigenvalue weighted by Gasteiger charge is 2.42. The zero-order valence-electron chi connectivity index (χ0n) is 21.4. The maximum atomic E-state index is 14.2. The van der Waals surface area contributed by atoms with Gasteiger partial charge in [-0.25, -0.2) is 31.7 Å². The molecule has 3 aromatic heterocycles. The highest BCUT2D eigenvalue weighted by atomic mass is 32.2. The van der Waals surface area contributed by atoms with Crippen molar-refractivity contribution in [1.82, 2.24) is 23.9 Å². The van der Waals surface area contributed by atoms with E-state index >= 15 is 0 Å². The van der Waals surface area contributed by atoms with Gasteiger partial charge >= 0.3 is 6.18 Å². The first kappa shape index (κ1) is 27.8. The highest BCUT2D eigenvalue weighted by molar-refractivity contribution is 7.89. The molecule has 2 aliphatic heterocycles. The molecule has 2 saturated heterocycles. The summed E-state index contributed by atoms with van der Waals surface area (Å²) in [6.45, 7) is 1.82. The number of aromatic nitrogens is 4. The molecule has 41 heavy (non-hydrogen) atoms. The fraction of sp³-hybridized carbons (Fsp3) is 0.400. The number of anilines is 2. The lowest BCUT2D eigenvalue weighted by atomic mass is 9.73. The summed E-state index contributed by atoms with van der Waals surface area (Å²) < 4.78 is 96.2. The van der Waals surface area contributed by atoms with Gasteiger partial charge in [-0.05, 0) is 49.3 Å². The monoisotopic (exact) mass is 613 g/mol. The zero-order chi connectivity index (χ0) is 29.2. The molecule has 1 spiro atoms. The van der Waals surface area contributed by atoms with Crippen molar-refractivity contribution < 1.29 is 30.4 Å².